The van der Waals surface area contributed by atoms with Gasteiger partial charge < -0.3 is 4.57 Å². The number of thiazole rings is 1. The van der Waals surface area contributed by atoms with Crippen molar-refractivity contribution >= 4 is 38.2 Å². The van der Waals surface area contributed by atoms with Gasteiger partial charge in [-0.1, -0.05) is 41.7 Å². The molecule has 3 aromatic carbocycles. The van der Waals surface area contributed by atoms with E-state index in [0.717, 1.165) is 28.2 Å². The van der Waals surface area contributed by atoms with E-state index in [1.807, 2.05) is 30.3 Å². The summed E-state index contributed by atoms with van der Waals surface area (Å²) in [4.78, 5) is 16.9. The molecule has 0 bridgehead atoms. The van der Waals surface area contributed by atoms with E-state index in [1.165, 1.54) is 10.6 Å². The summed E-state index contributed by atoms with van der Waals surface area (Å²) in [5, 5.41) is 1.97. The summed E-state index contributed by atoms with van der Waals surface area (Å²) < 4.78 is 29.2. The van der Waals surface area contributed by atoms with Crippen molar-refractivity contribution in [2.75, 3.05) is 0 Å². The van der Waals surface area contributed by atoms with Crippen molar-refractivity contribution in [1.82, 2.24) is 4.57 Å². The highest BCUT2D eigenvalue weighted by Crippen LogP contribution is 2.21. The maximum Gasteiger partial charge on any atom is 0.279 e. The van der Waals surface area contributed by atoms with Crippen LogP contribution in [0.4, 0.5) is 8.78 Å². The Morgan fingerprint density at radius 2 is 1.80 bits per heavy atom. The SMILES string of the molecule is Cn1c(=NC(=O)c2ccc3ccccc3c2)sc2cc(F)cc(F)c21. The van der Waals surface area contributed by atoms with E-state index in [1.54, 1.807) is 19.2 Å². The summed E-state index contributed by atoms with van der Waals surface area (Å²) in [5.74, 6) is -1.75. The molecule has 1 heterocycles. The molecule has 0 saturated carbocycles. The van der Waals surface area contributed by atoms with Crippen LogP contribution in [0.1, 0.15) is 10.4 Å². The molecule has 3 nitrogen and oxygen atoms in total. The molecular formula is C19H12F2N2OS. The Kier molecular flexibility index (Phi) is 3.69. The Morgan fingerprint density at radius 3 is 2.60 bits per heavy atom. The first-order chi connectivity index (χ1) is 12.0. The lowest BCUT2D eigenvalue weighted by Crippen LogP contribution is -2.13. The van der Waals surface area contributed by atoms with E-state index in [4.69, 9.17) is 0 Å². The van der Waals surface area contributed by atoms with E-state index in [9.17, 15) is 13.6 Å². The molecular weight excluding hydrogens is 342 g/mol. The van der Waals surface area contributed by atoms with Crippen LogP contribution in [0.5, 0.6) is 0 Å². The third kappa shape index (κ3) is 2.74. The van der Waals surface area contributed by atoms with Gasteiger partial charge in [0.1, 0.15) is 5.82 Å². The number of benzene rings is 3. The normalized spacial score (nSPS) is 12.2. The number of fused-ring (bicyclic) bond motifs is 2. The molecule has 6 heteroatoms. The number of aromatic nitrogens is 1. The minimum absolute atomic E-state index is 0.233. The van der Waals surface area contributed by atoms with Crippen molar-refractivity contribution in [3.05, 3.63) is 76.6 Å². The van der Waals surface area contributed by atoms with Gasteiger partial charge in [-0.3, -0.25) is 4.79 Å². The average molecular weight is 354 g/mol. The first-order valence-corrected chi connectivity index (χ1v) is 8.37. The maximum atomic E-state index is 14.0. The number of amides is 1. The fraction of sp³-hybridized carbons (Fsp3) is 0.0526. The number of hydrogen-bond donors (Lipinski definition) is 0. The Hall–Kier alpha value is -2.86. The number of nitrogens with zero attached hydrogens (tertiary/aromatic N) is 2. The molecule has 1 aromatic heterocycles. The first kappa shape index (κ1) is 15.7. The van der Waals surface area contributed by atoms with E-state index < -0.39 is 17.5 Å². The largest absolute Gasteiger partial charge is 0.317 e. The summed E-state index contributed by atoms with van der Waals surface area (Å²) in [5.41, 5.74) is 0.680. The molecule has 4 rings (SSSR count). The minimum atomic E-state index is -0.673. The molecule has 1 amide bonds. The van der Waals surface area contributed by atoms with Gasteiger partial charge in [0.05, 0.1) is 10.2 Å². The number of carbonyl (C=O) groups excluding carboxylic acids is 1. The van der Waals surface area contributed by atoms with Gasteiger partial charge in [-0.25, -0.2) is 8.78 Å². The summed E-state index contributed by atoms with van der Waals surface area (Å²) in [6, 6.07) is 15.1. The van der Waals surface area contributed by atoms with E-state index >= 15 is 0 Å². The highest BCUT2D eigenvalue weighted by atomic mass is 32.1. The van der Waals surface area contributed by atoms with Crippen molar-refractivity contribution in [3.63, 3.8) is 0 Å². The van der Waals surface area contributed by atoms with Crippen LogP contribution in [-0.2, 0) is 7.05 Å². The summed E-state index contributed by atoms with van der Waals surface area (Å²) in [6.45, 7) is 0. The number of hydrogen-bond acceptors (Lipinski definition) is 2. The molecule has 0 atom stereocenters. The van der Waals surface area contributed by atoms with Gasteiger partial charge in [-0.05, 0) is 29.0 Å². The highest BCUT2D eigenvalue weighted by Gasteiger charge is 2.12. The van der Waals surface area contributed by atoms with Crippen LogP contribution in [0.15, 0.2) is 59.6 Å². The smallest absolute Gasteiger partial charge is 0.279 e. The van der Waals surface area contributed by atoms with Crippen LogP contribution in [0.25, 0.3) is 21.0 Å². The molecule has 0 aliphatic heterocycles. The molecule has 4 aromatic rings. The zero-order chi connectivity index (χ0) is 17.6. The highest BCUT2D eigenvalue weighted by molar-refractivity contribution is 7.16. The second kappa shape index (κ2) is 5.89. The number of carbonyl (C=O) groups is 1. The lowest BCUT2D eigenvalue weighted by atomic mass is 10.1. The zero-order valence-electron chi connectivity index (χ0n) is 13.2. The fourth-order valence-electron chi connectivity index (χ4n) is 2.78. The Bertz CT molecular complexity index is 1210. The van der Waals surface area contributed by atoms with Crippen molar-refractivity contribution in [2.45, 2.75) is 0 Å². The van der Waals surface area contributed by atoms with Gasteiger partial charge in [-0.2, -0.15) is 4.99 Å². The Morgan fingerprint density at radius 1 is 1.04 bits per heavy atom. The lowest BCUT2D eigenvalue weighted by Gasteiger charge is -2.00. The van der Waals surface area contributed by atoms with Gasteiger partial charge in [-0.15, -0.1) is 0 Å². The molecule has 0 radical (unpaired) electrons. The van der Waals surface area contributed by atoms with Crippen molar-refractivity contribution in [3.8, 4) is 0 Å². The van der Waals surface area contributed by atoms with Crippen LogP contribution in [0.3, 0.4) is 0 Å². The topological polar surface area (TPSA) is 34.4 Å². The molecule has 124 valence electrons. The van der Waals surface area contributed by atoms with Crippen molar-refractivity contribution < 1.29 is 13.6 Å². The third-order valence-electron chi connectivity index (χ3n) is 4.01. The van der Waals surface area contributed by atoms with E-state index in [0.29, 0.717) is 15.1 Å². The number of aryl methyl sites for hydroxylation is 1. The van der Waals surface area contributed by atoms with Crippen LogP contribution < -0.4 is 4.80 Å². The molecule has 0 fully saturated rings. The summed E-state index contributed by atoms with van der Waals surface area (Å²) in [7, 11) is 1.60. The number of rotatable bonds is 1. The Labute approximate surface area is 145 Å². The number of halogens is 2. The molecule has 0 saturated heterocycles. The van der Waals surface area contributed by atoms with E-state index in [-0.39, 0.29) is 5.52 Å². The van der Waals surface area contributed by atoms with Gasteiger partial charge in [0.15, 0.2) is 10.6 Å². The molecule has 25 heavy (non-hydrogen) atoms. The fourth-order valence-corrected chi connectivity index (χ4v) is 3.84. The molecule has 0 aliphatic carbocycles. The standard InChI is InChI=1S/C19H12F2N2OS/c1-23-17-15(21)9-14(20)10-16(17)25-19(23)22-18(24)13-7-6-11-4-2-3-5-12(11)8-13/h2-10H,1H3. The van der Waals surface area contributed by atoms with Gasteiger partial charge in [0.2, 0.25) is 0 Å². The van der Waals surface area contributed by atoms with Gasteiger partial charge in [0.25, 0.3) is 5.91 Å². The quantitative estimate of drug-likeness (QED) is 0.498. The van der Waals surface area contributed by atoms with Gasteiger partial charge >= 0.3 is 0 Å². The summed E-state index contributed by atoms with van der Waals surface area (Å²) in [6.07, 6.45) is 0. The molecule has 0 N–H and O–H groups in total. The zero-order valence-corrected chi connectivity index (χ0v) is 14.0. The minimum Gasteiger partial charge on any atom is -0.317 e. The average Bonchev–Trinajstić information content (AvgIpc) is 2.90. The summed E-state index contributed by atoms with van der Waals surface area (Å²) >= 11 is 1.07. The predicted octanol–water partition coefficient (Wildman–Crippen LogP) is 4.41. The second-order valence-electron chi connectivity index (χ2n) is 5.66. The van der Waals surface area contributed by atoms with Crippen molar-refractivity contribution in [2.24, 2.45) is 12.0 Å². The van der Waals surface area contributed by atoms with E-state index in [2.05, 4.69) is 4.99 Å². The lowest BCUT2D eigenvalue weighted by molar-refractivity contribution is 0.0998. The first-order valence-electron chi connectivity index (χ1n) is 7.55. The Balaban J connectivity index is 1.84. The second-order valence-corrected chi connectivity index (χ2v) is 6.67. The predicted molar refractivity (Wildman–Crippen MR) is 94.6 cm³/mol. The molecule has 0 spiro atoms. The van der Waals surface area contributed by atoms with Crippen molar-refractivity contribution in [1.29, 1.82) is 0 Å². The third-order valence-corrected chi connectivity index (χ3v) is 5.09. The van der Waals surface area contributed by atoms with Crippen LogP contribution in [0.2, 0.25) is 0 Å². The maximum absolute atomic E-state index is 14.0. The van der Waals surface area contributed by atoms with Crippen LogP contribution >= 0.6 is 11.3 Å². The monoisotopic (exact) mass is 354 g/mol. The van der Waals surface area contributed by atoms with Crippen LogP contribution in [0, 0.1) is 11.6 Å². The van der Waals surface area contributed by atoms with Gasteiger partial charge in [0, 0.05) is 18.7 Å². The molecule has 0 aliphatic rings. The molecule has 0 unspecified atom stereocenters. The van der Waals surface area contributed by atoms with Crippen LogP contribution in [-0.4, -0.2) is 10.5 Å².